The molecule has 0 aromatic heterocycles. The average molecular weight is 163 g/mol. The predicted octanol–water partition coefficient (Wildman–Crippen LogP) is 0.471. The largest absolute Gasteiger partial charge is 0.509 e. The lowest BCUT2D eigenvalue weighted by Crippen LogP contribution is -2.12. The summed E-state index contributed by atoms with van der Waals surface area (Å²) in [6.45, 7) is 4.17. The topological polar surface area (TPSA) is 32.3 Å². The van der Waals surface area contributed by atoms with Gasteiger partial charge in [0.2, 0.25) is 0 Å². The standard InChI is InChI=1S/C9H14BNO/c1-6(2)11-7-3-4-9(12)8(10)5-7/h3-6,11-12H,10H2,1-2H3. The van der Waals surface area contributed by atoms with Gasteiger partial charge in [0.15, 0.2) is 0 Å². The molecule has 2 nitrogen and oxygen atoms in total. The molecule has 0 amide bonds. The third kappa shape index (κ3) is 2.19. The third-order valence-electron chi connectivity index (χ3n) is 1.65. The molecule has 0 aliphatic carbocycles. The summed E-state index contributed by atoms with van der Waals surface area (Å²) in [7, 11) is 1.89. The third-order valence-corrected chi connectivity index (χ3v) is 1.65. The summed E-state index contributed by atoms with van der Waals surface area (Å²) in [6, 6.07) is 5.95. The zero-order chi connectivity index (χ0) is 9.14. The minimum atomic E-state index is 0.351. The minimum Gasteiger partial charge on any atom is -0.509 e. The van der Waals surface area contributed by atoms with E-state index in [-0.39, 0.29) is 0 Å². The Labute approximate surface area is 74.0 Å². The molecule has 1 aromatic rings. The SMILES string of the molecule is Bc1cc(NC(C)C)ccc1O. The van der Waals surface area contributed by atoms with E-state index < -0.39 is 0 Å². The molecule has 0 saturated heterocycles. The van der Waals surface area contributed by atoms with E-state index in [1.165, 1.54) is 0 Å². The van der Waals surface area contributed by atoms with Gasteiger partial charge >= 0.3 is 0 Å². The Hall–Kier alpha value is -1.12. The van der Waals surface area contributed by atoms with Crippen LogP contribution in [0.2, 0.25) is 0 Å². The van der Waals surface area contributed by atoms with E-state index in [0.29, 0.717) is 11.8 Å². The fourth-order valence-electron chi connectivity index (χ4n) is 1.08. The maximum absolute atomic E-state index is 9.25. The summed E-state index contributed by atoms with van der Waals surface area (Å²) in [5, 5.41) is 12.5. The van der Waals surface area contributed by atoms with Crippen LogP contribution < -0.4 is 10.8 Å². The van der Waals surface area contributed by atoms with E-state index in [0.717, 1.165) is 11.2 Å². The van der Waals surface area contributed by atoms with Gasteiger partial charge in [0.05, 0.1) is 0 Å². The molecule has 1 aromatic carbocycles. The summed E-state index contributed by atoms with van der Waals surface area (Å²) < 4.78 is 0. The van der Waals surface area contributed by atoms with Gasteiger partial charge < -0.3 is 10.4 Å². The van der Waals surface area contributed by atoms with Crippen molar-refractivity contribution in [2.45, 2.75) is 19.9 Å². The van der Waals surface area contributed by atoms with Crippen molar-refractivity contribution >= 4 is 19.0 Å². The summed E-state index contributed by atoms with van der Waals surface area (Å²) in [6.07, 6.45) is 0. The average Bonchev–Trinajstić information content (AvgIpc) is 1.96. The highest BCUT2D eigenvalue weighted by Gasteiger charge is 1.98. The first kappa shape index (κ1) is 8.98. The van der Waals surface area contributed by atoms with Crippen molar-refractivity contribution in [3.8, 4) is 5.75 Å². The number of anilines is 1. The first-order chi connectivity index (χ1) is 5.59. The Bertz CT molecular complexity index is 273. The molecule has 64 valence electrons. The molecule has 12 heavy (non-hydrogen) atoms. The van der Waals surface area contributed by atoms with E-state index in [1.807, 2.05) is 20.0 Å². The van der Waals surface area contributed by atoms with Crippen molar-refractivity contribution in [2.75, 3.05) is 5.32 Å². The molecule has 0 heterocycles. The van der Waals surface area contributed by atoms with E-state index in [1.54, 1.807) is 6.07 Å². The van der Waals surface area contributed by atoms with Crippen molar-refractivity contribution in [3.05, 3.63) is 18.2 Å². The van der Waals surface area contributed by atoms with Gasteiger partial charge in [-0.05, 0) is 37.5 Å². The molecule has 2 N–H and O–H groups in total. The summed E-state index contributed by atoms with van der Waals surface area (Å²) in [5.41, 5.74) is 1.96. The Balaban J connectivity index is 2.82. The second-order valence-corrected chi connectivity index (χ2v) is 3.30. The van der Waals surface area contributed by atoms with E-state index >= 15 is 0 Å². The number of benzene rings is 1. The number of aromatic hydroxyl groups is 1. The summed E-state index contributed by atoms with van der Waals surface area (Å²) in [4.78, 5) is 0. The highest BCUT2D eigenvalue weighted by molar-refractivity contribution is 6.34. The van der Waals surface area contributed by atoms with Crippen molar-refractivity contribution in [2.24, 2.45) is 0 Å². The number of phenols is 1. The van der Waals surface area contributed by atoms with E-state index in [4.69, 9.17) is 0 Å². The van der Waals surface area contributed by atoms with Gasteiger partial charge in [-0.3, -0.25) is 0 Å². The number of hydrogen-bond donors (Lipinski definition) is 2. The van der Waals surface area contributed by atoms with Crippen LogP contribution in [0.4, 0.5) is 5.69 Å². The summed E-state index contributed by atoms with van der Waals surface area (Å²) >= 11 is 0. The van der Waals surface area contributed by atoms with Gasteiger partial charge in [-0.25, -0.2) is 0 Å². The Morgan fingerprint density at radius 1 is 1.42 bits per heavy atom. The lowest BCUT2D eigenvalue weighted by Gasteiger charge is -2.10. The molecule has 0 bridgehead atoms. The van der Waals surface area contributed by atoms with Crippen LogP contribution in [0.3, 0.4) is 0 Å². The zero-order valence-corrected chi connectivity index (χ0v) is 7.76. The maximum atomic E-state index is 9.25. The minimum absolute atomic E-state index is 0.351. The van der Waals surface area contributed by atoms with Crippen LogP contribution in [0, 0.1) is 0 Å². The predicted molar refractivity (Wildman–Crippen MR) is 55.0 cm³/mol. The lowest BCUT2D eigenvalue weighted by molar-refractivity contribution is 0.479. The first-order valence-electron chi connectivity index (χ1n) is 4.16. The van der Waals surface area contributed by atoms with Gasteiger partial charge in [0.1, 0.15) is 13.6 Å². The van der Waals surface area contributed by atoms with Gasteiger partial charge in [-0.1, -0.05) is 0 Å². The molecule has 0 aliphatic heterocycles. The van der Waals surface area contributed by atoms with Crippen LogP contribution in [0.25, 0.3) is 0 Å². The number of nitrogens with one attached hydrogen (secondary N) is 1. The van der Waals surface area contributed by atoms with Gasteiger partial charge in [0.25, 0.3) is 0 Å². The molecule has 0 fully saturated rings. The van der Waals surface area contributed by atoms with E-state index in [2.05, 4.69) is 19.2 Å². The quantitative estimate of drug-likeness (QED) is 0.490. The number of hydrogen-bond acceptors (Lipinski definition) is 2. The molecule has 0 saturated carbocycles. The Morgan fingerprint density at radius 2 is 2.08 bits per heavy atom. The van der Waals surface area contributed by atoms with Crippen molar-refractivity contribution in [3.63, 3.8) is 0 Å². The fourth-order valence-corrected chi connectivity index (χ4v) is 1.08. The van der Waals surface area contributed by atoms with Gasteiger partial charge in [-0.15, -0.1) is 0 Å². The van der Waals surface area contributed by atoms with E-state index in [9.17, 15) is 5.11 Å². The van der Waals surface area contributed by atoms with Crippen LogP contribution >= 0.6 is 0 Å². The molecular weight excluding hydrogens is 149 g/mol. The smallest absolute Gasteiger partial charge is 0.144 e. The highest BCUT2D eigenvalue weighted by atomic mass is 16.3. The van der Waals surface area contributed by atoms with Crippen LogP contribution in [0.1, 0.15) is 13.8 Å². The van der Waals surface area contributed by atoms with Gasteiger partial charge in [0, 0.05) is 11.7 Å². The molecule has 1 rings (SSSR count). The number of phenolic OH excluding ortho intramolecular Hbond substituents is 1. The fraction of sp³-hybridized carbons (Fsp3) is 0.333. The second-order valence-electron chi connectivity index (χ2n) is 3.30. The highest BCUT2D eigenvalue weighted by Crippen LogP contribution is 2.11. The molecule has 3 heteroatoms. The molecule has 0 spiro atoms. The van der Waals surface area contributed by atoms with Crippen LogP contribution in [-0.4, -0.2) is 19.0 Å². The zero-order valence-electron chi connectivity index (χ0n) is 7.76. The molecule has 0 unspecified atom stereocenters. The maximum Gasteiger partial charge on any atom is 0.144 e. The number of rotatable bonds is 2. The molecule has 0 atom stereocenters. The van der Waals surface area contributed by atoms with Crippen molar-refractivity contribution in [1.29, 1.82) is 0 Å². The van der Waals surface area contributed by atoms with Crippen molar-refractivity contribution < 1.29 is 5.11 Å². The molecular formula is C9H14BNO. The second kappa shape index (κ2) is 3.52. The molecule has 0 aliphatic rings. The van der Waals surface area contributed by atoms with Crippen LogP contribution in [-0.2, 0) is 0 Å². The van der Waals surface area contributed by atoms with Crippen LogP contribution in [0.15, 0.2) is 18.2 Å². The van der Waals surface area contributed by atoms with Gasteiger partial charge in [-0.2, -0.15) is 0 Å². The first-order valence-corrected chi connectivity index (χ1v) is 4.16. The van der Waals surface area contributed by atoms with Crippen LogP contribution in [0.5, 0.6) is 5.75 Å². The molecule has 0 radical (unpaired) electrons. The monoisotopic (exact) mass is 163 g/mol. The Morgan fingerprint density at radius 3 is 2.58 bits per heavy atom. The Kier molecular flexibility index (Phi) is 2.63. The summed E-state index contributed by atoms with van der Waals surface area (Å²) in [5.74, 6) is 0.351. The van der Waals surface area contributed by atoms with Crippen molar-refractivity contribution in [1.82, 2.24) is 0 Å². The normalized spacial score (nSPS) is 10.2. The lowest BCUT2D eigenvalue weighted by atomic mass is 9.94.